The second kappa shape index (κ2) is 12.3. The molecule has 218 valence electrons. The average molecular weight is 553 g/mol. The first-order chi connectivity index (χ1) is 19.1. The molecule has 3 aliphatic rings. The average Bonchev–Trinajstić information content (AvgIpc) is 3.57. The summed E-state index contributed by atoms with van der Waals surface area (Å²) >= 11 is 0. The maximum absolute atomic E-state index is 14.5. The van der Waals surface area contributed by atoms with Crippen molar-refractivity contribution in [2.24, 2.45) is 11.8 Å². The molecule has 1 spiro atoms. The monoisotopic (exact) mass is 552 g/mol. The topological polar surface area (TPSA) is 96.4 Å². The lowest BCUT2D eigenvalue weighted by Gasteiger charge is -2.43. The molecular weight excluding hydrogens is 508 g/mol. The molecule has 1 aromatic carbocycles. The zero-order valence-corrected chi connectivity index (χ0v) is 24.1. The van der Waals surface area contributed by atoms with Gasteiger partial charge in [-0.15, -0.1) is 13.2 Å². The lowest BCUT2D eigenvalue weighted by Crippen LogP contribution is -2.61. The molecule has 8 heteroatoms. The lowest BCUT2D eigenvalue weighted by atomic mass is 9.70. The largest absolute Gasteiger partial charge is 0.465 e. The third kappa shape index (κ3) is 5.48. The van der Waals surface area contributed by atoms with E-state index >= 15 is 0 Å². The van der Waals surface area contributed by atoms with Gasteiger partial charge in [0.05, 0.1) is 37.2 Å². The third-order valence-electron chi connectivity index (χ3n) is 8.60. The second-order valence-electron chi connectivity index (χ2n) is 12.2. The number of likely N-dealkylation sites (tertiary alicyclic amines) is 1. The number of benzene rings is 1. The van der Waals surface area contributed by atoms with E-state index in [0.717, 1.165) is 18.4 Å². The number of aliphatic hydroxyl groups excluding tert-OH is 1. The Morgan fingerprint density at radius 2 is 1.95 bits per heavy atom. The first-order valence-corrected chi connectivity index (χ1v) is 14.5. The number of allylic oxidation sites excluding steroid dienone is 1. The van der Waals surface area contributed by atoms with Crippen LogP contribution in [-0.2, 0) is 30.3 Å². The normalized spacial score (nSPS) is 27.8. The highest BCUT2D eigenvalue weighted by Crippen LogP contribution is 2.59. The molecule has 8 nitrogen and oxygen atoms in total. The van der Waals surface area contributed by atoms with E-state index in [1.807, 2.05) is 57.2 Å². The number of nitrogens with zero attached hydrogens (tertiary/aromatic N) is 2. The number of fused-ring (bicyclic) bond motifs is 1. The van der Waals surface area contributed by atoms with Crippen LogP contribution in [0.1, 0.15) is 58.4 Å². The van der Waals surface area contributed by atoms with Crippen molar-refractivity contribution >= 4 is 17.8 Å². The summed E-state index contributed by atoms with van der Waals surface area (Å²) in [5.41, 5.74) is -0.766. The van der Waals surface area contributed by atoms with E-state index in [4.69, 9.17) is 9.47 Å². The molecule has 0 saturated carbocycles. The summed E-state index contributed by atoms with van der Waals surface area (Å²) in [4.78, 5) is 45.5. The van der Waals surface area contributed by atoms with Gasteiger partial charge in [0.15, 0.2) is 0 Å². The van der Waals surface area contributed by atoms with E-state index in [0.29, 0.717) is 32.2 Å². The molecule has 1 N–H and O–H groups in total. The Labute approximate surface area is 238 Å². The SMILES string of the molecule is C=CCCCCOC(=O)[C@@H]1[C@@H]2CCC3(O2)C(C(=O)N(CC=C)C(C)(C)C)N([C@@H](CO)Cc2ccccc2)C(=O)[C@H]13. The fraction of sp³-hybridized carbons (Fsp3) is 0.594. The van der Waals surface area contributed by atoms with Crippen LogP contribution in [0.4, 0.5) is 0 Å². The van der Waals surface area contributed by atoms with Crippen molar-refractivity contribution in [3.63, 3.8) is 0 Å². The van der Waals surface area contributed by atoms with E-state index in [9.17, 15) is 19.5 Å². The van der Waals surface area contributed by atoms with E-state index in [1.54, 1.807) is 11.0 Å². The molecular formula is C32H44N2O6. The highest BCUT2D eigenvalue weighted by molar-refractivity contribution is 5.98. The van der Waals surface area contributed by atoms with Crippen LogP contribution in [-0.4, -0.2) is 81.8 Å². The maximum atomic E-state index is 14.5. The highest BCUT2D eigenvalue weighted by Gasteiger charge is 2.75. The van der Waals surface area contributed by atoms with Crippen molar-refractivity contribution in [2.45, 2.75) is 88.6 Å². The molecule has 6 atom stereocenters. The Bertz CT molecular complexity index is 1100. The Morgan fingerprint density at radius 1 is 1.23 bits per heavy atom. The number of amides is 2. The zero-order valence-electron chi connectivity index (χ0n) is 24.1. The van der Waals surface area contributed by atoms with Gasteiger partial charge in [0.25, 0.3) is 0 Å². The summed E-state index contributed by atoms with van der Waals surface area (Å²) in [5, 5.41) is 10.6. The van der Waals surface area contributed by atoms with E-state index < -0.39 is 47.1 Å². The first-order valence-electron chi connectivity index (χ1n) is 14.5. The molecule has 3 heterocycles. The molecule has 2 amide bonds. The van der Waals surface area contributed by atoms with Crippen molar-refractivity contribution in [2.75, 3.05) is 19.8 Å². The lowest BCUT2D eigenvalue weighted by molar-refractivity contribution is -0.157. The van der Waals surface area contributed by atoms with Gasteiger partial charge in [0, 0.05) is 12.1 Å². The van der Waals surface area contributed by atoms with Gasteiger partial charge in [-0.2, -0.15) is 0 Å². The van der Waals surface area contributed by atoms with Crippen LogP contribution in [0.3, 0.4) is 0 Å². The van der Waals surface area contributed by atoms with Gasteiger partial charge in [-0.3, -0.25) is 14.4 Å². The Balaban J connectivity index is 1.71. The molecule has 0 aromatic heterocycles. The zero-order chi connectivity index (χ0) is 29.1. The van der Waals surface area contributed by atoms with Crippen molar-refractivity contribution in [1.29, 1.82) is 0 Å². The van der Waals surface area contributed by atoms with Crippen LogP contribution in [0.25, 0.3) is 0 Å². The van der Waals surface area contributed by atoms with Crippen LogP contribution in [0.5, 0.6) is 0 Å². The summed E-state index contributed by atoms with van der Waals surface area (Å²) in [7, 11) is 0. The molecule has 2 bridgehead atoms. The van der Waals surface area contributed by atoms with Gasteiger partial charge in [0.1, 0.15) is 11.6 Å². The van der Waals surface area contributed by atoms with Gasteiger partial charge >= 0.3 is 5.97 Å². The molecule has 3 aliphatic heterocycles. The second-order valence-corrected chi connectivity index (χ2v) is 12.2. The fourth-order valence-corrected chi connectivity index (χ4v) is 6.80. The Kier molecular flexibility index (Phi) is 9.20. The van der Waals surface area contributed by atoms with Gasteiger partial charge in [-0.25, -0.2) is 0 Å². The van der Waals surface area contributed by atoms with Gasteiger partial charge in [0.2, 0.25) is 11.8 Å². The van der Waals surface area contributed by atoms with Crippen LogP contribution in [0.2, 0.25) is 0 Å². The summed E-state index contributed by atoms with van der Waals surface area (Å²) in [6.45, 7) is 13.6. The number of rotatable bonds is 13. The molecule has 1 aromatic rings. The number of aliphatic hydroxyl groups is 1. The van der Waals surface area contributed by atoms with E-state index in [2.05, 4.69) is 13.2 Å². The predicted octanol–water partition coefficient (Wildman–Crippen LogP) is 3.68. The Hall–Kier alpha value is -2.97. The van der Waals surface area contributed by atoms with Crippen molar-refractivity contribution in [3.05, 3.63) is 61.2 Å². The highest BCUT2D eigenvalue weighted by atomic mass is 16.6. The van der Waals surface area contributed by atoms with Gasteiger partial charge < -0.3 is 24.4 Å². The van der Waals surface area contributed by atoms with Crippen molar-refractivity contribution in [1.82, 2.24) is 9.80 Å². The minimum absolute atomic E-state index is 0.256. The molecule has 0 radical (unpaired) electrons. The van der Waals surface area contributed by atoms with Crippen LogP contribution in [0, 0.1) is 11.8 Å². The number of ether oxygens (including phenoxy) is 2. The molecule has 3 fully saturated rings. The van der Waals surface area contributed by atoms with Gasteiger partial charge in [-0.1, -0.05) is 42.5 Å². The minimum Gasteiger partial charge on any atom is -0.465 e. The van der Waals surface area contributed by atoms with Crippen molar-refractivity contribution < 1.29 is 29.0 Å². The summed E-state index contributed by atoms with van der Waals surface area (Å²) in [5.74, 6) is -2.64. The molecule has 4 rings (SSSR count). The van der Waals surface area contributed by atoms with Crippen LogP contribution < -0.4 is 0 Å². The first kappa shape index (κ1) is 30.0. The molecule has 3 saturated heterocycles. The number of hydrogen-bond donors (Lipinski definition) is 1. The number of carbonyl (C=O) groups is 3. The summed E-state index contributed by atoms with van der Waals surface area (Å²) in [6.07, 6.45) is 6.86. The standard InChI is InChI=1S/C32H44N2O6/c1-6-8-9-13-19-39-30(38)25-24-16-17-32(40-24)26(25)28(36)34(23(21-35)20-22-14-11-10-12-15-22)27(32)29(37)33(18-7-2)31(3,4)5/h6-7,10-12,14-15,23-27,35H,1-2,8-9,13,16-21H2,3-5H3/t23-,24+,25-,26+,27?,32?/m1/s1. The van der Waals surface area contributed by atoms with Crippen molar-refractivity contribution in [3.8, 4) is 0 Å². The van der Waals surface area contributed by atoms with Gasteiger partial charge in [-0.05, 0) is 64.9 Å². The summed E-state index contributed by atoms with van der Waals surface area (Å²) in [6, 6.07) is 7.96. The van der Waals surface area contributed by atoms with Crippen LogP contribution in [0.15, 0.2) is 55.6 Å². The molecule has 40 heavy (non-hydrogen) atoms. The van der Waals surface area contributed by atoms with Crippen LogP contribution >= 0.6 is 0 Å². The predicted molar refractivity (Wildman–Crippen MR) is 152 cm³/mol. The number of carbonyl (C=O) groups excluding carboxylic acids is 3. The number of esters is 1. The number of hydrogen-bond acceptors (Lipinski definition) is 6. The Morgan fingerprint density at radius 3 is 2.58 bits per heavy atom. The number of unbranched alkanes of at least 4 members (excludes halogenated alkanes) is 2. The van der Waals surface area contributed by atoms with E-state index in [-0.39, 0.29) is 25.0 Å². The smallest absolute Gasteiger partial charge is 0.312 e. The summed E-state index contributed by atoms with van der Waals surface area (Å²) < 4.78 is 12.2. The molecule has 0 aliphatic carbocycles. The third-order valence-corrected chi connectivity index (χ3v) is 8.60. The van der Waals surface area contributed by atoms with E-state index in [1.165, 1.54) is 4.90 Å². The minimum atomic E-state index is -1.15. The fourth-order valence-electron chi connectivity index (χ4n) is 6.80. The maximum Gasteiger partial charge on any atom is 0.312 e. The quantitative estimate of drug-likeness (QED) is 0.228. The molecule has 2 unspecified atom stereocenters.